The summed E-state index contributed by atoms with van der Waals surface area (Å²) in [4.78, 5) is 0. The molecule has 0 aliphatic carbocycles. The van der Waals surface area contributed by atoms with Crippen LogP contribution < -0.4 is 5.43 Å². The molecule has 0 radical (unpaired) electrons. The van der Waals surface area contributed by atoms with Crippen molar-refractivity contribution >= 4 is 6.21 Å². The lowest BCUT2D eigenvalue weighted by Gasteiger charge is -2.02. The van der Waals surface area contributed by atoms with E-state index in [2.05, 4.69) is 37.0 Å². The molecular formula is C10H18N2. The normalized spacial score (nSPS) is 12.6. The van der Waals surface area contributed by atoms with Gasteiger partial charge >= 0.3 is 0 Å². The summed E-state index contributed by atoms with van der Waals surface area (Å²) in [6, 6.07) is 0.243. The van der Waals surface area contributed by atoms with Crippen LogP contribution in [-0.4, -0.2) is 12.3 Å². The fourth-order valence-corrected chi connectivity index (χ4v) is 0.564. The van der Waals surface area contributed by atoms with Crippen molar-refractivity contribution in [3.8, 4) is 0 Å². The number of nitrogens with zero attached hydrogens (tertiary/aromatic N) is 1. The smallest absolute Gasteiger partial charge is 0.0589 e. The second-order valence-electron chi connectivity index (χ2n) is 2.98. The highest BCUT2D eigenvalue weighted by atomic mass is 15.3. The maximum atomic E-state index is 4.02. The van der Waals surface area contributed by atoms with Crippen LogP contribution >= 0.6 is 0 Å². The molecule has 1 N–H and O–H groups in total. The first-order chi connectivity index (χ1) is 5.66. The molecule has 0 spiro atoms. The lowest BCUT2D eigenvalue weighted by atomic mass is 10.3. The van der Waals surface area contributed by atoms with Crippen LogP contribution in [-0.2, 0) is 0 Å². The number of nitrogens with one attached hydrogen (secondary N) is 1. The third-order valence-electron chi connectivity index (χ3n) is 1.35. The van der Waals surface area contributed by atoms with Crippen molar-refractivity contribution in [1.29, 1.82) is 0 Å². The topological polar surface area (TPSA) is 24.4 Å². The molecule has 0 fully saturated rings. The standard InChI is InChI=1S/C10H18N2/c1-5-10(4)12-11-8-6-7-9(2)3/h5,7-8,10,12H,1,6H2,2-4H3/b11-8-. The zero-order valence-electron chi connectivity index (χ0n) is 8.17. The molecule has 0 bridgehead atoms. The van der Waals surface area contributed by atoms with E-state index in [1.807, 2.05) is 19.2 Å². The first-order valence-electron chi connectivity index (χ1n) is 4.19. The van der Waals surface area contributed by atoms with Crippen molar-refractivity contribution in [3.63, 3.8) is 0 Å². The third-order valence-corrected chi connectivity index (χ3v) is 1.35. The van der Waals surface area contributed by atoms with Crippen LogP contribution in [0, 0.1) is 0 Å². The fourth-order valence-electron chi connectivity index (χ4n) is 0.564. The Labute approximate surface area is 75.1 Å². The summed E-state index contributed by atoms with van der Waals surface area (Å²) >= 11 is 0. The van der Waals surface area contributed by atoms with Gasteiger partial charge in [-0.25, -0.2) is 0 Å². The van der Waals surface area contributed by atoms with Crippen molar-refractivity contribution in [2.24, 2.45) is 5.10 Å². The van der Waals surface area contributed by atoms with E-state index in [1.165, 1.54) is 5.57 Å². The van der Waals surface area contributed by atoms with Gasteiger partial charge in [-0.05, 0) is 20.8 Å². The minimum Gasteiger partial charge on any atom is -0.304 e. The van der Waals surface area contributed by atoms with Gasteiger partial charge in [0.2, 0.25) is 0 Å². The van der Waals surface area contributed by atoms with Gasteiger partial charge in [0.25, 0.3) is 0 Å². The molecule has 2 nitrogen and oxygen atoms in total. The molecule has 0 aliphatic rings. The summed E-state index contributed by atoms with van der Waals surface area (Å²) in [7, 11) is 0. The second-order valence-corrected chi connectivity index (χ2v) is 2.98. The summed E-state index contributed by atoms with van der Waals surface area (Å²) in [5, 5.41) is 4.02. The number of hydrazone groups is 1. The minimum absolute atomic E-state index is 0.243. The van der Waals surface area contributed by atoms with Gasteiger partial charge in [0.1, 0.15) is 0 Å². The van der Waals surface area contributed by atoms with Crippen LogP contribution in [0.15, 0.2) is 29.4 Å². The quantitative estimate of drug-likeness (QED) is 0.379. The molecule has 0 saturated heterocycles. The molecule has 0 amide bonds. The molecule has 1 unspecified atom stereocenters. The van der Waals surface area contributed by atoms with E-state index in [9.17, 15) is 0 Å². The monoisotopic (exact) mass is 166 g/mol. The Hall–Kier alpha value is -1.05. The largest absolute Gasteiger partial charge is 0.304 e. The van der Waals surface area contributed by atoms with E-state index < -0.39 is 0 Å². The summed E-state index contributed by atoms with van der Waals surface area (Å²) in [5.74, 6) is 0. The molecule has 12 heavy (non-hydrogen) atoms. The first kappa shape index (κ1) is 11.0. The van der Waals surface area contributed by atoms with Gasteiger partial charge in [-0.3, -0.25) is 0 Å². The highest BCUT2D eigenvalue weighted by Gasteiger charge is 1.86. The van der Waals surface area contributed by atoms with Gasteiger partial charge in [0.05, 0.1) is 6.04 Å². The summed E-state index contributed by atoms with van der Waals surface area (Å²) in [6.45, 7) is 9.80. The van der Waals surface area contributed by atoms with Gasteiger partial charge in [0.15, 0.2) is 0 Å². The van der Waals surface area contributed by atoms with Gasteiger partial charge in [-0.2, -0.15) is 5.10 Å². The summed E-state index contributed by atoms with van der Waals surface area (Å²) in [5.41, 5.74) is 4.25. The van der Waals surface area contributed by atoms with Crippen LogP contribution in [0.3, 0.4) is 0 Å². The van der Waals surface area contributed by atoms with Crippen molar-refractivity contribution < 1.29 is 0 Å². The zero-order chi connectivity index (χ0) is 9.40. The number of hydrogen-bond donors (Lipinski definition) is 1. The second kappa shape index (κ2) is 6.65. The Morgan fingerprint density at radius 3 is 2.75 bits per heavy atom. The molecule has 0 rings (SSSR count). The van der Waals surface area contributed by atoms with Gasteiger partial charge in [-0.1, -0.05) is 17.7 Å². The molecule has 68 valence electrons. The molecule has 2 heteroatoms. The zero-order valence-corrected chi connectivity index (χ0v) is 8.17. The van der Waals surface area contributed by atoms with Crippen molar-refractivity contribution in [3.05, 3.63) is 24.3 Å². The van der Waals surface area contributed by atoms with E-state index in [1.54, 1.807) is 0 Å². The van der Waals surface area contributed by atoms with Crippen LogP contribution in [0.1, 0.15) is 27.2 Å². The Kier molecular flexibility index (Phi) is 6.07. The summed E-state index contributed by atoms with van der Waals surface area (Å²) in [6.07, 6.45) is 6.69. The van der Waals surface area contributed by atoms with Gasteiger partial charge < -0.3 is 5.43 Å². The first-order valence-corrected chi connectivity index (χ1v) is 4.19. The van der Waals surface area contributed by atoms with Crippen molar-refractivity contribution in [2.75, 3.05) is 0 Å². The van der Waals surface area contributed by atoms with E-state index in [-0.39, 0.29) is 6.04 Å². The average Bonchev–Trinajstić information content (AvgIpc) is 2.03. The number of allylic oxidation sites excluding steroid dienone is 2. The Morgan fingerprint density at radius 1 is 1.58 bits per heavy atom. The van der Waals surface area contributed by atoms with Crippen LogP contribution in [0.2, 0.25) is 0 Å². The lowest BCUT2D eigenvalue weighted by molar-refractivity contribution is 0.675. The third kappa shape index (κ3) is 7.06. The lowest BCUT2D eigenvalue weighted by Crippen LogP contribution is -2.16. The van der Waals surface area contributed by atoms with Crippen LogP contribution in [0.5, 0.6) is 0 Å². The summed E-state index contributed by atoms with van der Waals surface area (Å²) < 4.78 is 0. The SMILES string of the molecule is C=CC(C)N/N=C\CC=C(C)C. The van der Waals surface area contributed by atoms with E-state index in [0.717, 1.165) is 6.42 Å². The molecule has 0 heterocycles. The fraction of sp³-hybridized carbons (Fsp3) is 0.500. The molecular weight excluding hydrogens is 148 g/mol. The molecule has 0 aromatic heterocycles. The van der Waals surface area contributed by atoms with Crippen molar-refractivity contribution in [1.82, 2.24) is 5.43 Å². The predicted octanol–water partition coefficient (Wildman–Crippen LogP) is 2.49. The highest BCUT2D eigenvalue weighted by Crippen LogP contribution is 1.89. The van der Waals surface area contributed by atoms with Gasteiger partial charge in [0, 0.05) is 12.6 Å². The van der Waals surface area contributed by atoms with E-state index in [0.29, 0.717) is 0 Å². The van der Waals surface area contributed by atoms with Crippen molar-refractivity contribution in [2.45, 2.75) is 33.2 Å². The maximum absolute atomic E-state index is 4.02. The molecule has 0 aliphatic heterocycles. The molecule has 0 aromatic carbocycles. The Balaban J connectivity index is 3.50. The van der Waals surface area contributed by atoms with Crippen LogP contribution in [0.4, 0.5) is 0 Å². The molecule has 1 atom stereocenters. The van der Waals surface area contributed by atoms with Crippen LogP contribution in [0.25, 0.3) is 0 Å². The number of hydrogen-bond acceptors (Lipinski definition) is 2. The predicted molar refractivity (Wildman–Crippen MR) is 55.3 cm³/mol. The Bertz CT molecular complexity index is 176. The highest BCUT2D eigenvalue weighted by molar-refractivity contribution is 5.59. The van der Waals surface area contributed by atoms with E-state index in [4.69, 9.17) is 0 Å². The maximum Gasteiger partial charge on any atom is 0.0589 e. The Morgan fingerprint density at radius 2 is 2.25 bits per heavy atom. The minimum atomic E-state index is 0.243. The van der Waals surface area contributed by atoms with Gasteiger partial charge in [-0.15, -0.1) is 6.58 Å². The average molecular weight is 166 g/mol. The number of rotatable bonds is 5. The molecule has 0 aromatic rings. The molecule has 0 saturated carbocycles. The van der Waals surface area contributed by atoms with E-state index >= 15 is 0 Å².